The van der Waals surface area contributed by atoms with Crippen molar-refractivity contribution in [2.75, 3.05) is 11.9 Å². The topological polar surface area (TPSA) is 34.1 Å². The van der Waals surface area contributed by atoms with Crippen LogP contribution in [0, 0.1) is 6.92 Å². The molecule has 1 aromatic heterocycles. The summed E-state index contributed by atoms with van der Waals surface area (Å²) in [5.74, 6) is 0. The highest BCUT2D eigenvalue weighted by Gasteiger charge is 2.22. The molecule has 0 amide bonds. The minimum Gasteiger partial charge on any atom is -0.381 e. The van der Waals surface area contributed by atoms with Gasteiger partial charge in [0.2, 0.25) is 0 Å². The zero-order valence-electron chi connectivity index (χ0n) is 11.8. The van der Waals surface area contributed by atoms with Gasteiger partial charge in [-0.3, -0.25) is 4.98 Å². The first kappa shape index (κ1) is 13.7. The van der Waals surface area contributed by atoms with Crippen LogP contribution < -0.4 is 5.32 Å². The standard InChI is InChI=1S/C16H19ClN2O/c1-10-8-14(17)16(13-4-3-7-18-15(10)13)19-9-12-6-5-11(2)20-12/h3-4,7-8,11-12,19H,5-6,9H2,1-2H3. The Balaban J connectivity index is 1.87. The molecule has 0 saturated carbocycles. The van der Waals surface area contributed by atoms with Crippen molar-refractivity contribution in [3.63, 3.8) is 0 Å². The fraction of sp³-hybridized carbons (Fsp3) is 0.438. The SMILES string of the molecule is Cc1cc(Cl)c(NCC2CCC(C)O2)c2cccnc12. The minimum atomic E-state index is 0.272. The lowest BCUT2D eigenvalue weighted by Crippen LogP contribution is -2.20. The van der Waals surface area contributed by atoms with Gasteiger partial charge in [0, 0.05) is 18.1 Å². The third kappa shape index (κ3) is 2.60. The molecule has 2 heterocycles. The Morgan fingerprint density at radius 1 is 1.45 bits per heavy atom. The normalized spacial score (nSPS) is 22.4. The molecule has 2 aromatic rings. The van der Waals surface area contributed by atoms with Crippen LogP contribution in [0.3, 0.4) is 0 Å². The van der Waals surface area contributed by atoms with Gasteiger partial charge in [-0.05, 0) is 50.5 Å². The first-order chi connectivity index (χ1) is 9.65. The van der Waals surface area contributed by atoms with E-state index in [1.54, 1.807) is 0 Å². The molecule has 1 aromatic carbocycles. The van der Waals surface area contributed by atoms with Crippen molar-refractivity contribution < 1.29 is 4.74 Å². The van der Waals surface area contributed by atoms with Crippen molar-refractivity contribution in [2.24, 2.45) is 0 Å². The molecule has 1 aliphatic rings. The van der Waals surface area contributed by atoms with Gasteiger partial charge in [0.1, 0.15) is 0 Å². The monoisotopic (exact) mass is 290 g/mol. The van der Waals surface area contributed by atoms with Crippen molar-refractivity contribution in [3.8, 4) is 0 Å². The van der Waals surface area contributed by atoms with Gasteiger partial charge in [-0.25, -0.2) is 0 Å². The summed E-state index contributed by atoms with van der Waals surface area (Å²) >= 11 is 6.39. The molecule has 1 fully saturated rings. The first-order valence-corrected chi connectivity index (χ1v) is 7.46. The van der Waals surface area contributed by atoms with E-state index in [1.807, 2.05) is 25.3 Å². The highest BCUT2D eigenvalue weighted by molar-refractivity contribution is 6.35. The van der Waals surface area contributed by atoms with Crippen molar-refractivity contribution >= 4 is 28.2 Å². The summed E-state index contributed by atoms with van der Waals surface area (Å²) in [4.78, 5) is 4.44. The predicted molar refractivity (Wildman–Crippen MR) is 83.5 cm³/mol. The Bertz CT molecular complexity index is 629. The maximum Gasteiger partial charge on any atom is 0.0752 e. The molecule has 3 rings (SSSR count). The van der Waals surface area contributed by atoms with E-state index in [9.17, 15) is 0 Å². The Hall–Kier alpha value is -1.32. The maximum atomic E-state index is 6.39. The first-order valence-electron chi connectivity index (χ1n) is 7.08. The number of nitrogens with zero attached hydrogens (tertiary/aromatic N) is 1. The highest BCUT2D eigenvalue weighted by Crippen LogP contribution is 2.33. The number of halogens is 1. The zero-order valence-corrected chi connectivity index (χ0v) is 12.6. The summed E-state index contributed by atoms with van der Waals surface area (Å²) in [5.41, 5.74) is 3.06. The predicted octanol–water partition coefficient (Wildman–Crippen LogP) is 4.18. The molecule has 1 aliphatic heterocycles. The van der Waals surface area contributed by atoms with Gasteiger partial charge in [0.25, 0.3) is 0 Å². The summed E-state index contributed by atoms with van der Waals surface area (Å²) in [6.07, 6.45) is 4.70. The van der Waals surface area contributed by atoms with Gasteiger partial charge in [0.15, 0.2) is 0 Å². The molecular formula is C16H19ClN2O. The molecule has 0 radical (unpaired) electrons. The van der Waals surface area contributed by atoms with Crippen molar-refractivity contribution in [3.05, 3.63) is 35.0 Å². The van der Waals surface area contributed by atoms with E-state index in [0.717, 1.165) is 46.6 Å². The van der Waals surface area contributed by atoms with E-state index in [0.29, 0.717) is 6.10 Å². The molecule has 0 aliphatic carbocycles. The van der Waals surface area contributed by atoms with E-state index < -0.39 is 0 Å². The van der Waals surface area contributed by atoms with Crippen LogP contribution in [0.2, 0.25) is 5.02 Å². The molecule has 106 valence electrons. The van der Waals surface area contributed by atoms with Gasteiger partial charge < -0.3 is 10.1 Å². The molecule has 1 saturated heterocycles. The number of hydrogen-bond donors (Lipinski definition) is 1. The van der Waals surface area contributed by atoms with Crippen molar-refractivity contribution in [2.45, 2.75) is 38.9 Å². The van der Waals surface area contributed by atoms with Gasteiger partial charge in [-0.15, -0.1) is 0 Å². The van der Waals surface area contributed by atoms with E-state index in [4.69, 9.17) is 16.3 Å². The number of fused-ring (bicyclic) bond motifs is 1. The average Bonchev–Trinajstić information content (AvgIpc) is 2.84. The average molecular weight is 291 g/mol. The van der Waals surface area contributed by atoms with Crippen LogP contribution in [0.5, 0.6) is 0 Å². The van der Waals surface area contributed by atoms with Crippen LogP contribution in [0.1, 0.15) is 25.3 Å². The van der Waals surface area contributed by atoms with Crippen molar-refractivity contribution in [1.29, 1.82) is 0 Å². The largest absolute Gasteiger partial charge is 0.381 e. The number of hydrogen-bond acceptors (Lipinski definition) is 3. The van der Waals surface area contributed by atoms with Gasteiger partial charge in [-0.1, -0.05) is 11.6 Å². The molecular weight excluding hydrogens is 272 g/mol. The van der Waals surface area contributed by atoms with E-state index in [-0.39, 0.29) is 6.10 Å². The number of ether oxygens (including phenoxy) is 1. The summed E-state index contributed by atoms with van der Waals surface area (Å²) in [6.45, 7) is 4.95. The summed E-state index contributed by atoms with van der Waals surface area (Å²) < 4.78 is 5.84. The fourth-order valence-electron chi connectivity index (χ4n) is 2.81. The zero-order chi connectivity index (χ0) is 14.1. The maximum absolute atomic E-state index is 6.39. The highest BCUT2D eigenvalue weighted by atomic mass is 35.5. The lowest BCUT2D eigenvalue weighted by Gasteiger charge is -2.16. The van der Waals surface area contributed by atoms with Gasteiger partial charge >= 0.3 is 0 Å². The number of pyridine rings is 1. The molecule has 4 heteroatoms. The number of rotatable bonds is 3. The second kappa shape index (κ2) is 5.58. The Morgan fingerprint density at radius 3 is 3.05 bits per heavy atom. The number of aryl methyl sites for hydroxylation is 1. The van der Waals surface area contributed by atoms with Crippen LogP contribution in [0.25, 0.3) is 10.9 Å². The van der Waals surface area contributed by atoms with E-state index in [1.165, 1.54) is 0 Å². The third-order valence-electron chi connectivity index (χ3n) is 3.86. The lowest BCUT2D eigenvalue weighted by molar-refractivity contribution is 0.0637. The molecule has 20 heavy (non-hydrogen) atoms. The third-order valence-corrected chi connectivity index (χ3v) is 4.16. The number of nitrogens with one attached hydrogen (secondary N) is 1. The van der Waals surface area contributed by atoms with Gasteiger partial charge in [0.05, 0.1) is 28.4 Å². The van der Waals surface area contributed by atoms with Gasteiger partial charge in [-0.2, -0.15) is 0 Å². The lowest BCUT2D eigenvalue weighted by atomic mass is 10.1. The van der Waals surface area contributed by atoms with Crippen LogP contribution in [-0.4, -0.2) is 23.7 Å². The molecule has 0 spiro atoms. The summed E-state index contributed by atoms with van der Waals surface area (Å²) in [7, 11) is 0. The minimum absolute atomic E-state index is 0.272. The van der Waals surface area contributed by atoms with Crippen LogP contribution in [-0.2, 0) is 4.74 Å². The second-order valence-corrected chi connectivity index (χ2v) is 5.88. The summed E-state index contributed by atoms with van der Waals surface area (Å²) in [6, 6.07) is 5.97. The Labute approximate surface area is 124 Å². The second-order valence-electron chi connectivity index (χ2n) is 5.48. The van der Waals surface area contributed by atoms with Crippen molar-refractivity contribution in [1.82, 2.24) is 4.98 Å². The van der Waals surface area contributed by atoms with Crippen LogP contribution in [0.15, 0.2) is 24.4 Å². The van der Waals surface area contributed by atoms with E-state index >= 15 is 0 Å². The molecule has 2 atom stereocenters. The Kier molecular flexibility index (Phi) is 3.81. The van der Waals surface area contributed by atoms with E-state index in [2.05, 4.69) is 23.3 Å². The number of benzene rings is 1. The molecule has 2 unspecified atom stereocenters. The Morgan fingerprint density at radius 2 is 2.30 bits per heavy atom. The smallest absolute Gasteiger partial charge is 0.0752 e. The number of anilines is 1. The molecule has 1 N–H and O–H groups in total. The van der Waals surface area contributed by atoms with Crippen LogP contribution in [0.4, 0.5) is 5.69 Å². The number of aromatic nitrogens is 1. The molecule has 0 bridgehead atoms. The molecule has 3 nitrogen and oxygen atoms in total. The summed E-state index contributed by atoms with van der Waals surface area (Å²) in [5, 5.41) is 5.27. The van der Waals surface area contributed by atoms with Crippen LogP contribution >= 0.6 is 11.6 Å². The fourth-order valence-corrected chi connectivity index (χ4v) is 3.14. The quantitative estimate of drug-likeness (QED) is 0.921.